The van der Waals surface area contributed by atoms with Crippen molar-refractivity contribution in [3.05, 3.63) is 95.9 Å². The summed E-state index contributed by atoms with van der Waals surface area (Å²) in [5.74, 6) is -0.865. The van der Waals surface area contributed by atoms with Crippen molar-refractivity contribution in [2.45, 2.75) is 18.4 Å². The minimum atomic E-state index is -4.28. The van der Waals surface area contributed by atoms with Gasteiger partial charge in [0.05, 0.1) is 44.7 Å². The molecule has 1 heterocycles. The lowest BCUT2D eigenvalue weighted by Crippen LogP contribution is -2.39. The van der Waals surface area contributed by atoms with E-state index in [1.165, 1.54) is 63.9 Å². The normalized spacial score (nSPS) is 11.1. The second-order valence-corrected chi connectivity index (χ2v) is 11.7. The van der Waals surface area contributed by atoms with Gasteiger partial charge in [-0.05, 0) is 67.6 Å². The van der Waals surface area contributed by atoms with Gasteiger partial charge in [0.25, 0.3) is 15.9 Å². The van der Waals surface area contributed by atoms with Crippen LogP contribution >= 0.6 is 0 Å². The lowest BCUT2D eigenvalue weighted by Gasteiger charge is -2.24. The molecule has 0 aliphatic carbocycles. The summed E-state index contributed by atoms with van der Waals surface area (Å²) in [6.45, 7) is 1.20. The maximum Gasteiger partial charge on any atom is 0.313 e. The Balaban J connectivity index is 1.39. The number of hydrogen-bond acceptors (Lipinski definition) is 10. The molecule has 0 radical (unpaired) electrons. The lowest BCUT2D eigenvalue weighted by molar-refractivity contribution is -0.136. The Bertz CT molecular complexity index is 1850. The first-order valence-electron chi connectivity index (χ1n) is 14.0. The quantitative estimate of drug-likeness (QED) is 0.110. The van der Waals surface area contributed by atoms with Crippen molar-refractivity contribution >= 4 is 45.3 Å². The fourth-order valence-corrected chi connectivity index (χ4v) is 5.57. The Morgan fingerprint density at radius 3 is 2.21 bits per heavy atom. The van der Waals surface area contributed by atoms with Crippen LogP contribution in [0.3, 0.4) is 0 Å². The highest BCUT2D eigenvalue weighted by Crippen LogP contribution is 2.32. The number of benzene rings is 3. The number of sulfonamides is 1. The van der Waals surface area contributed by atoms with Crippen LogP contribution in [0, 0.1) is 6.92 Å². The van der Waals surface area contributed by atoms with E-state index in [1.54, 1.807) is 42.5 Å². The molecule has 0 fully saturated rings. The Kier molecular flexibility index (Phi) is 11.2. The molecule has 47 heavy (non-hydrogen) atoms. The average molecular weight is 664 g/mol. The number of nitrogens with zero attached hydrogens (tertiary/aromatic N) is 2. The number of hydrogen-bond donors (Lipinski definition) is 3. The van der Waals surface area contributed by atoms with Crippen LogP contribution in [-0.2, 0) is 31.0 Å². The molecule has 4 rings (SSSR count). The molecule has 3 aromatic carbocycles. The van der Waals surface area contributed by atoms with E-state index in [9.17, 15) is 22.8 Å². The Hall–Kier alpha value is -5.83. The zero-order valence-corrected chi connectivity index (χ0v) is 26.8. The molecular formula is C32H33N5O9S. The number of nitrogens with one attached hydrogen (secondary N) is 3. The minimum Gasteiger partial charge on any atom is -0.497 e. The van der Waals surface area contributed by atoms with Gasteiger partial charge in [-0.1, -0.05) is 17.7 Å². The average Bonchev–Trinajstić information content (AvgIpc) is 3.54. The third-order valence-electron chi connectivity index (χ3n) is 6.59. The van der Waals surface area contributed by atoms with E-state index in [0.717, 1.165) is 9.87 Å². The molecule has 0 atom stereocenters. The number of carbonyl (C=O) groups excluding carboxylic acids is 3. The van der Waals surface area contributed by atoms with Crippen molar-refractivity contribution in [1.29, 1.82) is 0 Å². The number of furan rings is 1. The monoisotopic (exact) mass is 663 g/mol. The van der Waals surface area contributed by atoms with E-state index in [2.05, 4.69) is 21.2 Å². The maximum absolute atomic E-state index is 13.8. The first-order valence-corrected chi connectivity index (χ1v) is 15.4. The van der Waals surface area contributed by atoms with E-state index >= 15 is 0 Å². The van der Waals surface area contributed by atoms with Crippen LogP contribution < -0.4 is 34.6 Å². The zero-order valence-electron chi connectivity index (χ0n) is 26.0. The molecule has 0 bridgehead atoms. The van der Waals surface area contributed by atoms with E-state index in [1.807, 2.05) is 6.92 Å². The Morgan fingerprint density at radius 1 is 0.851 bits per heavy atom. The van der Waals surface area contributed by atoms with Gasteiger partial charge >= 0.3 is 11.8 Å². The number of aryl methyl sites for hydroxylation is 1. The summed E-state index contributed by atoms with van der Waals surface area (Å²) in [5, 5.41) is 8.83. The van der Waals surface area contributed by atoms with Gasteiger partial charge in [0.2, 0.25) is 0 Å². The van der Waals surface area contributed by atoms with Crippen molar-refractivity contribution in [3.63, 3.8) is 0 Å². The predicted molar refractivity (Wildman–Crippen MR) is 173 cm³/mol. The second kappa shape index (κ2) is 15.4. The summed E-state index contributed by atoms with van der Waals surface area (Å²) in [6, 6.07) is 20.3. The lowest BCUT2D eigenvalue weighted by atomic mass is 10.2. The molecule has 0 saturated carbocycles. The van der Waals surface area contributed by atoms with Crippen LogP contribution in [0.2, 0.25) is 0 Å². The molecule has 246 valence electrons. The SMILES string of the molecule is COc1ccc(N(CC(=O)N/N=C\c2ccc(CNC(=O)C(=O)Nc3ccc(C)cc3)o2)S(=O)(=O)c2ccc(OC)c(OC)c2)cc1. The highest BCUT2D eigenvalue weighted by molar-refractivity contribution is 7.92. The molecule has 0 aliphatic rings. The van der Waals surface area contributed by atoms with Gasteiger partial charge in [-0.25, -0.2) is 13.8 Å². The predicted octanol–water partition coefficient (Wildman–Crippen LogP) is 3.21. The molecule has 14 nitrogen and oxygen atoms in total. The number of anilines is 2. The van der Waals surface area contributed by atoms with Crippen LogP contribution in [-0.4, -0.2) is 60.2 Å². The number of hydrazone groups is 1. The van der Waals surface area contributed by atoms with E-state index in [-0.39, 0.29) is 28.6 Å². The van der Waals surface area contributed by atoms with Gasteiger partial charge < -0.3 is 29.3 Å². The fraction of sp³-hybridized carbons (Fsp3) is 0.188. The zero-order chi connectivity index (χ0) is 34.0. The standard InChI is InChI=1S/C32H33N5O9S/c1-21-5-7-22(8-6-21)35-32(40)31(39)33-18-25-13-14-26(46-25)19-34-36-30(38)20-37(23-9-11-24(43-2)12-10-23)47(41,42)27-15-16-28(44-3)29(17-27)45-4/h5-17,19H,18,20H2,1-4H3,(H,33,39)(H,35,40)(H,36,38)/b34-19-. The van der Waals surface area contributed by atoms with Crippen molar-refractivity contribution < 1.29 is 41.4 Å². The second-order valence-electron chi connectivity index (χ2n) is 9.83. The Morgan fingerprint density at radius 2 is 1.55 bits per heavy atom. The summed E-state index contributed by atoms with van der Waals surface area (Å²) in [7, 11) is 0.00575. The summed E-state index contributed by atoms with van der Waals surface area (Å²) in [5.41, 5.74) is 3.99. The number of ether oxygens (including phenoxy) is 3. The van der Waals surface area contributed by atoms with Crippen molar-refractivity contribution in [3.8, 4) is 17.2 Å². The number of carbonyl (C=O) groups is 3. The first kappa shape index (κ1) is 34.1. The third kappa shape index (κ3) is 8.88. The molecule has 1 aromatic heterocycles. The van der Waals surface area contributed by atoms with Crippen LogP contribution in [0.4, 0.5) is 11.4 Å². The van der Waals surface area contributed by atoms with Gasteiger partial charge in [-0.3, -0.25) is 18.7 Å². The molecule has 0 saturated heterocycles. The molecule has 3 amide bonds. The Labute approximate surface area is 271 Å². The summed E-state index contributed by atoms with van der Waals surface area (Å²) in [6.07, 6.45) is 1.20. The summed E-state index contributed by atoms with van der Waals surface area (Å²) >= 11 is 0. The van der Waals surface area contributed by atoms with Crippen LogP contribution in [0.15, 0.2) is 93.3 Å². The van der Waals surface area contributed by atoms with Crippen LogP contribution in [0.25, 0.3) is 0 Å². The maximum atomic E-state index is 13.8. The topological polar surface area (TPSA) is 178 Å². The molecular weight excluding hydrogens is 630 g/mol. The van der Waals surface area contributed by atoms with Crippen molar-refractivity contribution in [1.82, 2.24) is 10.7 Å². The molecule has 0 spiro atoms. The molecule has 15 heteroatoms. The summed E-state index contributed by atoms with van der Waals surface area (Å²) in [4.78, 5) is 37.1. The number of methoxy groups -OCH3 is 3. The van der Waals surface area contributed by atoms with Crippen molar-refractivity contribution in [2.75, 3.05) is 37.5 Å². The molecule has 4 aromatic rings. The van der Waals surface area contributed by atoms with Gasteiger partial charge in [-0.15, -0.1) is 0 Å². The van der Waals surface area contributed by atoms with E-state index < -0.39 is 34.3 Å². The molecule has 0 aliphatic heterocycles. The van der Waals surface area contributed by atoms with Crippen LogP contribution in [0.1, 0.15) is 17.1 Å². The van der Waals surface area contributed by atoms with Gasteiger partial charge in [0, 0.05) is 11.8 Å². The van der Waals surface area contributed by atoms with Gasteiger partial charge in [0.1, 0.15) is 23.8 Å². The smallest absolute Gasteiger partial charge is 0.313 e. The summed E-state index contributed by atoms with van der Waals surface area (Å²) < 4.78 is 49.6. The largest absolute Gasteiger partial charge is 0.497 e. The molecule has 3 N–H and O–H groups in total. The van der Waals surface area contributed by atoms with Crippen LogP contribution in [0.5, 0.6) is 17.2 Å². The molecule has 0 unspecified atom stereocenters. The van der Waals surface area contributed by atoms with Crippen molar-refractivity contribution in [2.24, 2.45) is 5.10 Å². The highest BCUT2D eigenvalue weighted by Gasteiger charge is 2.28. The highest BCUT2D eigenvalue weighted by atomic mass is 32.2. The first-order chi connectivity index (χ1) is 22.5. The third-order valence-corrected chi connectivity index (χ3v) is 8.36. The van der Waals surface area contributed by atoms with E-state index in [0.29, 0.717) is 22.9 Å². The van der Waals surface area contributed by atoms with Gasteiger partial charge in [-0.2, -0.15) is 5.10 Å². The number of amides is 3. The minimum absolute atomic E-state index is 0.0782. The number of rotatable bonds is 13. The van der Waals surface area contributed by atoms with Gasteiger partial charge in [0.15, 0.2) is 11.5 Å². The van der Waals surface area contributed by atoms with E-state index in [4.69, 9.17) is 18.6 Å². The fourth-order valence-electron chi connectivity index (χ4n) is 4.13.